The van der Waals surface area contributed by atoms with E-state index in [-0.39, 0.29) is 4.90 Å². The molecule has 19 heavy (non-hydrogen) atoms. The van der Waals surface area contributed by atoms with Gasteiger partial charge in [0.25, 0.3) is 0 Å². The summed E-state index contributed by atoms with van der Waals surface area (Å²) in [5, 5.41) is 0. The van der Waals surface area contributed by atoms with Crippen LogP contribution in [0, 0.1) is 5.92 Å². The topological polar surface area (TPSA) is 76.3 Å². The second-order valence-electron chi connectivity index (χ2n) is 5.00. The monoisotopic (exact) mass is 283 g/mol. The Bertz CT molecular complexity index is 509. The molecule has 1 aromatic heterocycles. The maximum Gasteiger partial charge on any atom is 0.244 e. The summed E-state index contributed by atoms with van der Waals surface area (Å²) in [6.07, 6.45) is 4.51. The molecule has 2 rings (SSSR count). The van der Waals surface area contributed by atoms with Crippen LogP contribution in [0.3, 0.4) is 0 Å². The van der Waals surface area contributed by atoms with Crippen molar-refractivity contribution in [2.75, 3.05) is 13.1 Å². The van der Waals surface area contributed by atoms with Crippen molar-refractivity contribution in [2.45, 2.75) is 37.6 Å². The molecule has 1 heterocycles. The zero-order valence-corrected chi connectivity index (χ0v) is 12.1. The summed E-state index contributed by atoms with van der Waals surface area (Å²) >= 11 is 0. The smallest absolute Gasteiger partial charge is 0.244 e. The van der Waals surface area contributed by atoms with Crippen LogP contribution in [0.5, 0.6) is 0 Å². The lowest BCUT2D eigenvalue weighted by molar-refractivity contribution is 0.395. The molecule has 1 saturated carbocycles. The van der Waals surface area contributed by atoms with Crippen molar-refractivity contribution in [3.05, 3.63) is 24.0 Å². The van der Waals surface area contributed by atoms with E-state index in [4.69, 9.17) is 5.73 Å². The normalized spacial score (nSPS) is 15.9. The van der Waals surface area contributed by atoms with E-state index < -0.39 is 10.0 Å². The summed E-state index contributed by atoms with van der Waals surface area (Å²) in [6.45, 7) is 3.51. The molecular weight excluding hydrogens is 262 g/mol. The Morgan fingerprint density at radius 1 is 1.42 bits per heavy atom. The van der Waals surface area contributed by atoms with Crippen LogP contribution in [0.2, 0.25) is 0 Å². The lowest BCUT2D eigenvalue weighted by atomic mass is 10.4. The van der Waals surface area contributed by atoms with Crippen LogP contribution in [-0.4, -0.2) is 30.8 Å². The molecule has 0 bridgehead atoms. The molecule has 0 radical (unpaired) electrons. The highest BCUT2D eigenvalue weighted by Crippen LogP contribution is 2.31. The quantitative estimate of drug-likeness (QED) is 0.819. The molecule has 1 fully saturated rings. The molecule has 0 aromatic carbocycles. The van der Waals surface area contributed by atoms with E-state index in [1.807, 2.05) is 6.92 Å². The molecule has 2 N–H and O–H groups in total. The van der Waals surface area contributed by atoms with Gasteiger partial charge in [-0.2, -0.15) is 4.31 Å². The maximum absolute atomic E-state index is 12.5. The minimum absolute atomic E-state index is 0.263. The first-order valence-electron chi connectivity index (χ1n) is 6.73. The van der Waals surface area contributed by atoms with Crippen molar-refractivity contribution in [3.8, 4) is 0 Å². The van der Waals surface area contributed by atoms with E-state index in [1.165, 1.54) is 6.20 Å². The van der Waals surface area contributed by atoms with E-state index in [2.05, 4.69) is 4.98 Å². The zero-order valence-electron chi connectivity index (χ0n) is 11.2. The van der Waals surface area contributed by atoms with Crippen LogP contribution in [0.25, 0.3) is 0 Å². The van der Waals surface area contributed by atoms with Crippen molar-refractivity contribution < 1.29 is 8.42 Å². The van der Waals surface area contributed by atoms with Gasteiger partial charge in [-0.25, -0.2) is 8.42 Å². The highest BCUT2D eigenvalue weighted by atomic mass is 32.2. The minimum atomic E-state index is -3.41. The van der Waals surface area contributed by atoms with Crippen molar-refractivity contribution in [3.63, 3.8) is 0 Å². The number of hydrogen-bond donors (Lipinski definition) is 1. The van der Waals surface area contributed by atoms with Gasteiger partial charge in [0.1, 0.15) is 4.90 Å². The van der Waals surface area contributed by atoms with Gasteiger partial charge in [0.05, 0.1) is 5.69 Å². The largest absolute Gasteiger partial charge is 0.325 e. The molecule has 0 saturated heterocycles. The summed E-state index contributed by atoms with van der Waals surface area (Å²) in [6, 6.07) is 3.27. The third-order valence-electron chi connectivity index (χ3n) is 3.28. The number of pyridine rings is 1. The first kappa shape index (κ1) is 14.4. The van der Waals surface area contributed by atoms with Gasteiger partial charge in [-0.05, 0) is 37.3 Å². The van der Waals surface area contributed by atoms with Crippen molar-refractivity contribution in [2.24, 2.45) is 11.7 Å². The molecule has 0 spiro atoms. The summed E-state index contributed by atoms with van der Waals surface area (Å²) in [5.41, 5.74) is 6.17. The predicted octanol–water partition coefficient (Wildman–Crippen LogP) is 1.35. The van der Waals surface area contributed by atoms with Gasteiger partial charge in [0.2, 0.25) is 10.0 Å². The number of sulfonamides is 1. The fourth-order valence-electron chi connectivity index (χ4n) is 1.98. The molecule has 0 unspecified atom stereocenters. The second kappa shape index (κ2) is 5.98. The number of aromatic nitrogens is 1. The highest BCUT2D eigenvalue weighted by molar-refractivity contribution is 7.89. The highest BCUT2D eigenvalue weighted by Gasteiger charge is 2.31. The lowest BCUT2D eigenvalue weighted by Gasteiger charge is -2.21. The van der Waals surface area contributed by atoms with Gasteiger partial charge >= 0.3 is 0 Å². The first-order chi connectivity index (χ1) is 9.07. The van der Waals surface area contributed by atoms with E-state index >= 15 is 0 Å². The fraction of sp³-hybridized carbons (Fsp3) is 0.615. The third-order valence-corrected chi connectivity index (χ3v) is 5.12. The van der Waals surface area contributed by atoms with Gasteiger partial charge in [-0.15, -0.1) is 0 Å². The second-order valence-corrected chi connectivity index (χ2v) is 6.93. The SMILES string of the molecule is CCCN(CC1CC1)S(=O)(=O)c1ccc(CN)nc1. The average Bonchev–Trinajstić information content (AvgIpc) is 3.22. The number of nitrogens with two attached hydrogens (primary N) is 1. The van der Waals surface area contributed by atoms with Crippen LogP contribution >= 0.6 is 0 Å². The van der Waals surface area contributed by atoms with E-state index in [0.717, 1.165) is 19.3 Å². The van der Waals surface area contributed by atoms with E-state index in [1.54, 1.807) is 16.4 Å². The third kappa shape index (κ3) is 3.52. The number of nitrogens with zero attached hydrogens (tertiary/aromatic N) is 2. The average molecular weight is 283 g/mol. The summed E-state index contributed by atoms with van der Waals surface area (Å²) < 4.78 is 26.7. The Kier molecular flexibility index (Phi) is 4.54. The Hall–Kier alpha value is -0.980. The van der Waals surface area contributed by atoms with Gasteiger partial charge in [0.15, 0.2) is 0 Å². The molecule has 5 nitrogen and oxygen atoms in total. The molecule has 0 aliphatic heterocycles. The molecule has 1 aliphatic rings. The number of hydrogen-bond acceptors (Lipinski definition) is 4. The first-order valence-corrected chi connectivity index (χ1v) is 8.17. The Labute approximate surface area is 114 Å². The van der Waals surface area contributed by atoms with E-state index in [9.17, 15) is 8.42 Å². The van der Waals surface area contributed by atoms with Crippen molar-refractivity contribution in [1.82, 2.24) is 9.29 Å². The maximum atomic E-state index is 12.5. The Morgan fingerprint density at radius 2 is 2.16 bits per heavy atom. The number of rotatable bonds is 7. The molecule has 1 aliphatic carbocycles. The zero-order chi connectivity index (χ0) is 13.9. The van der Waals surface area contributed by atoms with Crippen LogP contribution in [0.15, 0.2) is 23.2 Å². The van der Waals surface area contributed by atoms with Crippen LogP contribution in [-0.2, 0) is 16.6 Å². The van der Waals surface area contributed by atoms with Crippen LogP contribution in [0.4, 0.5) is 0 Å². The van der Waals surface area contributed by atoms with Crippen molar-refractivity contribution >= 4 is 10.0 Å². The lowest BCUT2D eigenvalue weighted by Crippen LogP contribution is -2.33. The molecular formula is C13H21N3O2S. The molecule has 1 aromatic rings. The summed E-state index contributed by atoms with van der Waals surface area (Å²) in [7, 11) is -3.41. The van der Waals surface area contributed by atoms with Gasteiger partial charge < -0.3 is 5.73 Å². The van der Waals surface area contributed by atoms with Gasteiger partial charge in [-0.1, -0.05) is 6.92 Å². The molecule has 0 amide bonds. The standard InChI is InChI=1S/C13H21N3O2S/c1-2-7-16(10-11-3-4-11)19(17,18)13-6-5-12(8-14)15-9-13/h5-6,9,11H,2-4,7-8,10,14H2,1H3. The molecule has 0 atom stereocenters. The van der Waals surface area contributed by atoms with Gasteiger partial charge in [-0.3, -0.25) is 4.98 Å². The minimum Gasteiger partial charge on any atom is -0.325 e. The fourth-order valence-corrected chi connectivity index (χ4v) is 3.53. The summed E-state index contributed by atoms with van der Waals surface area (Å²) in [5.74, 6) is 0.539. The summed E-state index contributed by atoms with van der Waals surface area (Å²) in [4.78, 5) is 4.33. The molecule has 6 heteroatoms. The predicted molar refractivity (Wildman–Crippen MR) is 73.9 cm³/mol. The Morgan fingerprint density at radius 3 is 2.63 bits per heavy atom. The van der Waals surface area contributed by atoms with Crippen LogP contribution < -0.4 is 5.73 Å². The van der Waals surface area contributed by atoms with Gasteiger partial charge in [0, 0.05) is 25.8 Å². The van der Waals surface area contributed by atoms with Crippen molar-refractivity contribution in [1.29, 1.82) is 0 Å². The molecule has 106 valence electrons. The van der Waals surface area contributed by atoms with E-state index in [0.29, 0.717) is 31.2 Å². The van der Waals surface area contributed by atoms with Crippen LogP contribution in [0.1, 0.15) is 31.9 Å². The Balaban J connectivity index is 2.20.